The Morgan fingerprint density at radius 2 is 1.85 bits per heavy atom. The second kappa shape index (κ2) is 13.6. The third-order valence-electron chi connectivity index (χ3n) is 7.51. The topological polar surface area (TPSA) is 146 Å². The van der Waals surface area contributed by atoms with Gasteiger partial charge in [0.25, 0.3) is 5.91 Å². The number of nitrogens with zero attached hydrogens (tertiary/aromatic N) is 1. The number of halogens is 1. The first kappa shape index (κ1) is 29.9. The number of hydrogen-bond acceptors (Lipinski definition) is 7. The highest BCUT2D eigenvalue weighted by atomic mass is 19.1. The van der Waals surface area contributed by atoms with E-state index in [4.69, 9.17) is 9.47 Å². The molecule has 12 heteroatoms. The molecule has 1 saturated heterocycles. The van der Waals surface area contributed by atoms with Crippen molar-refractivity contribution in [1.29, 1.82) is 0 Å². The maximum atomic E-state index is 14.1. The van der Waals surface area contributed by atoms with Crippen LogP contribution in [0.5, 0.6) is 5.75 Å². The number of aliphatic hydroxyl groups excluding tert-OH is 1. The van der Waals surface area contributed by atoms with E-state index in [9.17, 15) is 28.7 Å². The lowest BCUT2D eigenvalue weighted by atomic mass is 9.74. The van der Waals surface area contributed by atoms with Crippen LogP contribution in [0.3, 0.4) is 0 Å². The predicted octanol–water partition coefficient (Wildman–Crippen LogP) is 0.507. The van der Waals surface area contributed by atoms with Gasteiger partial charge in [0.15, 0.2) is 0 Å². The van der Waals surface area contributed by atoms with Crippen molar-refractivity contribution in [2.45, 2.75) is 36.8 Å². The Hall–Kier alpha value is -4.03. The summed E-state index contributed by atoms with van der Waals surface area (Å²) in [7, 11) is 1.51. The van der Waals surface area contributed by atoms with Crippen LogP contribution in [0.4, 0.5) is 4.39 Å². The summed E-state index contributed by atoms with van der Waals surface area (Å²) >= 11 is 0. The molecule has 0 spiro atoms. The number of carbonyl (C=O) groups is 4. The van der Waals surface area contributed by atoms with E-state index in [0.29, 0.717) is 31.6 Å². The van der Waals surface area contributed by atoms with Gasteiger partial charge in [0.1, 0.15) is 30.3 Å². The molecule has 2 aromatic rings. The fourth-order valence-electron chi connectivity index (χ4n) is 5.05. The van der Waals surface area contributed by atoms with Crippen LogP contribution in [-0.4, -0.2) is 92.3 Å². The molecule has 11 nitrogen and oxygen atoms in total. The average Bonchev–Trinajstić information content (AvgIpc) is 2.98. The number of aliphatic hydroxyl groups is 1. The number of para-hydroxylation sites is 1. The zero-order chi connectivity index (χ0) is 29.4. The van der Waals surface area contributed by atoms with E-state index in [2.05, 4.69) is 16.0 Å². The predicted molar refractivity (Wildman–Crippen MR) is 146 cm³/mol. The lowest BCUT2D eigenvalue weighted by molar-refractivity contribution is -0.137. The second-order valence-corrected chi connectivity index (χ2v) is 10.3. The number of fused-ring (bicyclic) bond motifs is 1. The number of likely N-dealkylation sites (N-methyl/N-ethyl adjacent to an activating group) is 1. The smallest absolute Gasteiger partial charge is 0.255 e. The fourth-order valence-corrected chi connectivity index (χ4v) is 5.05. The molecule has 220 valence electrons. The van der Waals surface area contributed by atoms with Gasteiger partial charge in [-0.2, -0.15) is 0 Å². The van der Waals surface area contributed by atoms with Crippen molar-refractivity contribution in [2.24, 2.45) is 0 Å². The first-order valence-corrected chi connectivity index (χ1v) is 13.5. The second-order valence-electron chi connectivity index (χ2n) is 10.3. The minimum absolute atomic E-state index is 0.0500. The number of rotatable bonds is 5. The van der Waals surface area contributed by atoms with E-state index >= 15 is 0 Å². The maximum Gasteiger partial charge on any atom is 0.255 e. The molecule has 0 unspecified atom stereocenters. The highest BCUT2D eigenvalue weighted by Gasteiger charge is 2.37. The molecular weight excluding hydrogens is 535 g/mol. The quantitative estimate of drug-likeness (QED) is 0.410. The van der Waals surface area contributed by atoms with Gasteiger partial charge in [-0.1, -0.05) is 24.3 Å². The summed E-state index contributed by atoms with van der Waals surface area (Å²) in [6.45, 7) is 0.515. The number of amides is 4. The first-order chi connectivity index (χ1) is 19.7. The third kappa shape index (κ3) is 7.39. The van der Waals surface area contributed by atoms with Crippen molar-refractivity contribution in [3.8, 4) is 5.75 Å². The van der Waals surface area contributed by atoms with E-state index in [1.165, 1.54) is 30.1 Å². The van der Waals surface area contributed by atoms with Gasteiger partial charge in [-0.15, -0.1) is 0 Å². The Bertz CT molecular complexity index is 1270. The van der Waals surface area contributed by atoms with Crippen molar-refractivity contribution in [1.82, 2.24) is 20.9 Å². The van der Waals surface area contributed by atoms with Gasteiger partial charge in [0.05, 0.1) is 25.1 Å². The lowest BCUT2D eigenvalue weighted by Crippen LogP contribution is -2.55. The maximum absolute atomic E-state index is 14.1. The molecule has 0 bridgehead atoms. The Kier molecular flexibility index (Phi) is 9.90. The van der Waals surface area contributed by atoms with Crippen LogP contribution < -0.4 is 20.7 Å². The highest BCUT2D eigenvalue weighted by molar-refractivity contribution is 6.01. The normalized spacial score (nSPS) is 21.9. The van der Waals surface area contributed by atoms with Crippen LogP contribution in [0.15, 0.2) is 48.5 Å². The molecule has 1 fully saturated rings. The molecule has 4 N–H and O–H groups in total. The summed E-state index contributed by atoms with van der Waals surface area (Å²) in [6.07, 6.45) is 0.573. The van der Waals surface area contributed by atoms with Gasteiger partial charge in [-0.25, -0.2) is 4.39 Å². The van der Waals surface area contributed by atoms with Gasteiger partial charge in [0.2, 0.25) is 17.7 Å². The van der Waals surface area contributed by atoms with E-state index in [1.807, 2.05) is 0 Å². The molecule has 41 heavy (non-hydrogen) atoms. The minimum Gasteiger partial charge on any atom is -0.491 e. The molecule has 4 rings (SSSR count). The average molecular weight is 571 g/mol. The van der Waals surface area contributed by atoms with Crippen molar-refractivity contribution in [3.63, 3.8) is 0 Å². The first-order valence-electron chi connectivity index (χ1n) is 13.5. The van der Waals surface area contributed by atoms with E-state index in [0.717, 1.165) is 0 Å². The molecule has 4 amide bonds. The molecule has 0 aromatic heterocycles. The monoisotopic (exact) mass is 570 g/mol. The lowest BCUT2D eigenvalue weighted by Gasteiger charge is -2.38. The Labute approximate surface area is 237 Å². The number of benzene rings is 2. The molecule has 0 aliphatic carbocycles. The molecular formula is C29H35FN4O7. The fraction of sp³-hybridized carbons (Fsp3) is 0.448. The van der Waals surface area contributed by atoms with Crippen molar-refractivity contribution in [3.05, 3.63) is 65.5 Å². The highest BCUT2D eigenvalue weighted by Crippen LogP contribution is 2.34. The summed E-state index contributed by atoms with van der Waals surface area (Å²) in [4.78, 5) is 53.9. The standard InChI is InChI=1S/C29H35FN4O7/c1-34-11-14-41-24-8-3-2-7-21(24)26(37)33-22(16-25(36)32-23(17-35)28(34)39)27(38)31-18-29(9-12-40-13-10-29)19-5-4-6-20(30)15-19/h2-8,15,22-23,35H,9-14,16-18H2,1H3,(H,31,38)(H,32,36)(H,33,37)/t22-,23-/m0/s1. The van der Waals surface area contributed by atoms with Crippen molar-refractivity contribution >= 4 is 23.6 Å². The zero-order valence-corrected chi connectivity index (χ0v) is 22.9. The molecule has 0 radical (unpaired) electrons. The van der Waals surface area contributed by atoms with Crippen LogP contribution in [0, 0.1) is 5.82 Å². The Balaban J connectivity index is 1.59. The minimum atomic E-state index is -1.32. The number of hydrogen-bond donors (Lipinski definition) is 4. The van der Waals surface area contributed by atoms with Gasteiger partial charge in [-0.3, -0.25) is 19.2 Å². The SMILES string of the molecule is CN1CCOc2ccccc2C(=O)N[C@H](C(=O)NCC2(c3cccc(F)c3)CCOCC2)CC(=O)N[C@@H](CO)C1=O. The molecule has 0 saturated carbocycles. The summed E-state index contributed by atoms with van der Waals surface area (Å²) in [5, 5.41) is 17.7. The third-order valence-corrected chi connectivity index (χ3v) is 7.51. The Morgan fingerprint density at radius 3 is 2.59 bits per heavy atom. The van der Waals surface area contributed by atoms with Crippen LogP contribution >= 0.6 is 0 Å². The van der Waals surface area contributed by atoms with Crippen LogP contribution in [0.2, 0.25) is 0 Å². The summed E-state index contributed by atoms with van der Waals surface area (Å²) in [5.41, 5.74) is 0.266. The summed E-state index contributed by atoms with van der Waals surface area (Å²) < 4.78 is 25.4. The number of nitrogens with one attached hydrogen (secondary N) is 3. The van der Waals surface area contributed by atoms with Gasteiger partial charge < -0.3 is 35.4 Å². The largest absolute Gasteiger partial charge is 0.491 e. The van der Waals surface area contributed by atoms with E-state index < -0.39 is 60.0 Å². The molecule has 2 heterocycles. The number of carbonyl (C=O) groups excluding carboxylic acids is 4. The van der Waals surface area contributed by atoms with Gasteiger partial charge in [0, 0.05) is 32.2 Å². The van der Waals surface area contributed by atoms with E-state index in [1.54, 1.807) is 30.3 Å². The molecule has 2 aromatic carbocycles. The zero-order valence-electron chi connectivity index (χ0n) is 22.9. The number of ether oxygens (including phenoxy) is 2. The van der Waals surface area contributed by atoms with Crippen LogP contribution in [-0.2, 0) is 24.5 Å². The van der Waals surface area contributed by atoms with Gasteiger partial charge in [-0.05, 0) is 42.7 Å². The van der Waals surface area contributed by atoms with Crippen molar-refractivity contribution < 1.29 is 38.1 Å². The Morgan fingerprint density at radius 1 is 1.10 bits per heavy atom. The molecule has 2 aliphatic rings. The van der Waals surface area contributed by atoms with E-state index in [-0.39, 0.29) is 31.0 Å². The summed E-state index contributed by atoms with van der Waals surface area (Å²) in [6, 6.07) is 10.1. The van der Waals surface area contributed by atoms with Crippen molar-refractivity contribution in [2.75, 3.05) is 46.6 Å². The van der Waals surface area contributed by atoms with Crippen LogP contribution in [0.25, 0.3) is 0 Å². The van der Waals surface area contributed by atoms with Gasteiger partial charge >= 0.3 is 0 Å². The van der Waals surface area contributed by atoms with Crippen LogP contribution in [0.1, 0.15) is 35.2 Å². The molecule has 2 atom stereocenters. The molecule has 2 aliphatic heterocycles. The summed E-state index contributed by atoms with van der Waals surface area (Å²) in [5.74, 6) is -2.65.